The second-order valence-electron chi connectivity index (χ2n) is 4.23. The fourth-order valence-corrected chi connectivity index (χ4v) is 2.24. The highest BCUT2D eigenvalue weighted by atomic mass is 32.1. The summed E-state index contributed by atoms with van der Waals surface area (Å²) in [6.45, 7) is 0.271. The summed E-state index contributed by atoms with van der Waals surface area (Å²) in [6.07, 6.45) is 0. The van der Waals surface area contributed by atoms with Crippen LogP contribution in [0.15, 0.2) is 29.1 Å². The largest absolute Gasteiger partial charge is 0.478 e. The van der Waals surface area contributed by atoms with Crippen LogP contribution >= 0.6 is 11.3 Å². The first-order valence-corrected chi connectivity index (χ1v) is 6.84. The van der Waals surface area contributed by atoms with E-state index in [2.05, 4.69) is 10.3 Å². The quantitative estimate of drug-likeness (QED) is 0.909. The van der Waals surface area contributed by atoms with Crippen molar-refractivity contribution in [2.24, 2.45) is 0 Å². The van der Waals surface area contributed by atoms with Gasteiger partial charge >= 0.3 is 12.0 Å². The van der Waals surface area contributed by atoms with E-state index in [1.54, 1.807) is 10.9 Å². The maximum atomic E-state index is 13.5. The first-order valence-electron chi connectivity index (χ1n) is 5.90. The zero-order valence-corrected chi connectivity index (χ0v) is 11.9. The molecule has 0 aliphatic heterocycles. The smallest absolute Gasteiger partial charge is 0.340 e. The number of rotatable bonds is 4. The molecule has 8 heteroatoms. The van der Waals surface area contributed by atoms with E-state index in [9.17, 15) is 14.0 Å². The van der Waals surface area contributed by atoms with Crippen LogP contribution in [0.1, 0.15) is 16.1 Å². The average Bonchev–Trinajstić information content (AvgIpc) is 2.91. The van der Waals surface area contributed by atoms with Crippen LogP contribution in [0, 0.1) is 5.82 Å². The molecule has 0 bridgehead atoms. The highest BCUT2D eigenvalue weighted by Crippen LogP contribution is 2.19. The molecule has 1 aromatic heterocycles. The Morgan fingerprint density at radius 1 is 1.48 bits per heavy atom. The minimum Gasteiger partial charge on any atom is -0.478 e. The number of nitrogens with one attached hydrogen (secondary N) is 1. The fraction of sp³-hybridized carbons (Fsp3) is 0.154. The molecular formula is C13H12FN3O3S. The third kappa shape index (κ3) is 3.54. The Hall–Kier alpha value is -2.48. The van der Waals surface area contributed by atoms with Gasteiger partial charge in [-0.05, 0) is 12.1 Å². The van der Waals surface area contributed by atoms with Crippen molar-refractivity contribution in [2.75, 3.05) is 12.4 Å². The lowest BCUT2D eigenvalue weighted by Gasteiger charge is -2.17. The second-order valence-corrected chi connectivity index (χ2v) is 4.95. The molecule has 0 aliphatic carbocycles. The number of hydrogen-bond acceptors (Lipinski definition) is 4. The van der Waals surface area contributed by atoms with E-state index in [4.69, 9.17) is 5.11 Å². The summed E-state index contributed by atoms with van der Waals surface area (Å²) in [7, 11) is 1.54. The number of carboxylic acid groups (broad SMARTS) is 1. The number of amides is 2. The number of halogens is 1. The second kappa shape index (κ2) is 6.31. The van der Waals surface area contributed by atoms with E-state index in [1.165, 1.54) is 35.4 Å². The third-order valence-electron chi connectivity index (χ3n) is 2.70. The first kappa shape index (κ1) is 14.9. The monoisotopic (exact) mass is 309 g/mol. The van der Waals surface area contributed by atoms with E-state index < -0.39 is 23.4 Å². The molecule has 0 atom stereocenters. The van der Waals surface area contributed by atoms with Gasteiger partial charge in [0.25, 0.3) is 0 Å². The predicted molar refractivity (Wildman–Crippen MR) is 76.0 cm³/mol. The van der Waals surface area contributed by atoms with Crippen molar-refractivity contribution in [3.63, 3.8) is 0 Å². The highest BCUT2D eigenvalue weighted by molar-refractivity contribution is 7.07. The van der Waals surface area contributed by atoms with Crippen LogP contribution in [-0.2, 0) is 6.54 Å². The molecule has 0 saturated heterocycles. The third-order valence-corrected chi connectivity index (χ3v) is 3.33. The summed E-state index contributed by atoms with van der Waals surface area (Å²) in [5, 5.41) is 13.2. The van der Waals surface area contributed by atoms with Crippen LogP contribution in [0.3, 0.4) is 0 Å². The minimum atomic E-state index is -1.44. The molecule has 0 fully saturated rings. The molecule has 0 spiro atoms. The summed E-state index contributed by atoms with van der Waals surface area (Å²) in [5.41, 5.74) is 1.72. The average molecular weight is 309 g/mol. The topological polar surface area (TPSA) is 82.5 Å². The van der Waals surface area contributed by atoms with Crippen LogP contribution in [0.5, 0.6) is 0 Å². The molecule has 1 heterocycles. The van der Waals surface area contributed by atoms with E-state index >= 15 is 0 Å². The number of hydrogen-bond donors (Lipinski definition) is 2. The SMILES string of the molecule is CN(Cc1cscn1)C(=O)Nc1cccc(F)c1C(=O)O. The Morgan fingerprint density at radius 3 is 2.86 bits per heavy atom. The van der Waals surface area contributed by atoms with Gasteiger partial charge in [-0.3, -0.25) is 0 Å². The van der Waals surface area contributed by atoms with Gasteiger partial charge < -0.3 is 15.3 Å². The molecule has 0 aliphatic rings. The first-order chi connectivity index (χ1) is 9.99. The number of aromatic nitrogens is 1. The normalized spacial score (nSPS) is 10.2. The van der Waals surface area contributed by atoms with E-state index in [1.807, 2.05) is 0 Å². The molecule has 110 valence electrons. The van der Waals surface area contributed by atoms with Gasteiger partial charge in [0.15, 0.2) is 0 Å². The molecule has 21 heavy (non-hydrogen) atoms. The van der Waals surface area contributed by atoms with Crippen molar-refractivity contribution in [1.82, 2.24) is 9.88 Å². The van der Waals surface area contributed by atoms with E-state index in [0.717, 1.165) is 11.8 Å². The van der Waals surface area contributed by atoms with Crippen LogP contribution in [0.25, 0.3) is 0 Å². The van der Waals surface area contributed by atoms with E-state index in [-0.39, 0.29) is 12.2 Å². The van der Waals surface area contributed by atoms with Crippen LogP contribution in [0.4, 0.5) is 14.9 Å². The van der Waals surface area contributed by atoms with Crippen molar-refractivity contribution in [3.8, 4) is 0 Å². The number of carbonyl (C=O) groups is 2. The number of carbonyl (C=O) groups excluding carboxylic acids is 1. The molecule has 2 N–H and O–H groups in total. The minimum absolute atomic E-state index is 0.0855. The Morgan fingerprint density at radius 2 is 2.24 bits per heavy atom. The number of urea groups is 1. The zero-order chi connectivity index (χ0) is 15.4. The van der Waals surface area contributed by atoms with Gasteiger partial charge in [0, 0.05) is 12.4 Å². The number of benzene rings is 1. The molecule has 6 nitrogen and oxygen atoms in total. The molecule has 1 aromatic carbocycles. The number of anilines is 1. The Labute approximate surface area is 123 Å². The van der Waals surface area contributed by atoms with Gasteiger partial charge in [-0.25, -0.2) is 19.0 Å². The van der Waals surface area contributed by atoms with Gasteiger partial charge in [0.05, 0.1) is 23.4 Å². The van der Waals surface area contributed by atoms with Crippen LogP contribution in [-0.4, -0.2) is 34.0 Å². The molecular weight excluding hydrogens is 297 g/mol. The predicted octanol–water partition coefficient (Wildman–Crippen LogP) is 2.64. The van der Waals surface area contributed by atoms with Gasteiger partial charge in [-0.15, -0.1) is 11.3 Å². The molecule has 0 radical (unpaired) electrons. The van der Waals surface area contributed by atoms with Crippen molar-refractivity contribution < 1.29 is 19.1 Å². The van der Waals surface area contributed by atoms with Gasteiger partial charge in [0.2, 0.25) is 0 Å². The van der Waals surface area contributed by atoms with Gasteiger partial charge in [-0.1, -0.05) is 6.07 Å². The molecule has 0 unspecified atom stereocenters. The lowest BCUT2D eigenvalue weighted by Crippen LogP contribution is -2.31. The van der Waals surface area contributed by atoms with Crippen molar-refractivity contribution in [2.45, 2.75) is 6.54 Å². The molecule has 2 aromatic rings. The Kier molecular flexibility index (Phi) is 4.49. The summed E-state index contributed by atoms with van der Waals surface area (Å²) in [4.78, 5) is 28.4. The lowest BCUT2D eigenvalue weighted by molar-refractivity contribution is 0.0693. The van der Waals surface area contributed by atoms with Crippen molar-refractivity contribution in [1.29, 1.82) is 0 Å². The number of carboxylic acids is 1. The summed E-state index contributed by atoms with van der Waals surface area (Å²) < 4.78 is 13.5. The Bertz CT molecular complexity index is 661. The number of thiazole rings is 1. The molecule has 0 saturated carbocycles. The van der Waals surface area contributed by atoms with E-state index in [0.29, 0.717) is 0 Å². The highest BCUT2D eigenvalue weighted by Gasteiger charge is 2.19. The molecule has 2 amide bonds. The summed E-state index contributed by atoms with van der Waals surface area (Å²) in [6, 6.07) is 3.15. The summed E-state index contributed by atoms with van der Waals surface area (Å²) >= 11 is 1.41. The lowest BCUT2D eigenvalue weighted by atomic mass is 10.1. The maximum absolute atomic E-state index is 13.5. The van der Waals surface area contributed by atoms with Crippen molar-refractivity contribution in [3.05, 3.63) is 46.2 Å². The van der Waals surface area contributed by atoms with Crippen LogP contribution < -0.4 is 5.32 Å². The number of nitrogens with zero attached hydrogens (tertiary/aromatic N) is 2. The van der Waals surface area contributed by atoms with Gasteiger partial charge in [-0.2, -0.15) is 0 Å². The van der Waals surface area contributed by atoms with Crippen molar-refractivity contribution >= 4 is 29.0 Å². The number of aromatic carboxylic acids is 1. The van der Waals surface area contributed by atoms with Crippen LogP contribution in [0.2, 0.25) is 0 Å². The standard InChI is InChI=1S/C13H12FN3O3S/c1-17(5-8-6-21-7-15-8)13(20)16-10-4-2-3-9(14)11(10)12(18)19/h2-4,6-7H,5H2,1H3,(H,16,20)(H,18,19). The zero-order valence-electron chi connectivity index (χ0n) is 11.0. The van der Waals surface area contributed by atoms with Gasteiger partial charge in [0.1, 0.15) is 11.4 Å². The maximum Gasteiger partial charge on any atom is 0.340 e. The fourth-order valence-electron chi connectivity index (χ4n) is 1.69. The molecule has 2 rings (SSSR count). The summed E-state index contributed by atoms with van der Waals surface area (Å²) in [5.74, 6) is -2.34. The Balaban J connectivity index is 2.12.